The van der Waals surface area contributed by atoms with Gasteiger partial charge in [-0.1, -0.05) is 0 Å². The maximum atomic E-state index is 11.9. The number of carboxylic acids is 1. The number of aliphatic carboxylic acids is 1. The third-order valence-corrected chi connectivity index (χ3v) is 3.33. The van der Waals surface area contributed by atoms with E-state index in [-0.39, 0.29) is 6.54 Å². The summed E-state index contributed by atoms with van der Waals surface area (Å²) in [5.74, 6) is -1.31. The van der Waals surface area contributed by atoms with E-state index in [4.69, 9.17) is 9.84 Å². The minimum atomic E-state index is -1.38. The first kappa shape index (κ1) is 16.7. The molecule has 1 aliphatic heterocycles. The predicted octanol–water partition coefficient (Wildman–Crippen LogP) is -0.997. The molecule has 0 spiro atoms. The summed E-state index contributed by atoms with van der Waals surface area (Å²) in [6.07, 6.45) is -0.372. The monoisotopic (exact) mass is 290 g/mol. The Morgan fingerprint density at radius 1 is 1.40 bits per heavy atom. The van der Waals surface area contributed by atoms with Crippen LogP contribution in [0.3, 0.4) is 0 Å². The number of carbonyl (C=O) groups excluding carboxylic acids is 1. The van der Waals surface area contributed by atoms with Crippen molar-refractivity contribution in [1.82, 2.24) is 10.2 Å². The van der Waals surface area contributed by atoms with Gasteiger partial charge in [0.05, 0.1) is 18.2 Å². The second-order valence-corrected chi connectivity index (χ2v) is 5.20. The lowest BCUT2D eigenvalue weighted by atomic mass is 9.94. The van der Waals surface area contributed by atoms with Gasteiger partial charge < -0.3 is 30.3 Å². The number of nitrogens with zero attached hydrogens (tertiary/aromatic N) is 1. The highest BCUT2D eigenvalue weighted by molar-refractivity contribution is 5.82. The van der Waals surface area contributed by atoms with Crippen LogP contribution in [0.4, 0.5) is 4.79 Å². The van der Waals surface area contributed by atoms with Gasteiger partial charge >= 0.3 is 12.0 Å². The number of rotatable bonds is 5. The van der Waals surface area contributed by atoms with Gasteiger partial charge in [-0.3, -0.25) is 0 Å². The molecule has 1 fully saturated rings. The maximum absolute atomic E-state index is 11.9. The van der Waals surface area contributed by atoms with Crippen molar-refractivity contribution in [3.63, 3.8) is 0 Å². The number of nitrogens with one attached hydrogen (secondary N) is 1. The summed E-state index contributed by atoms with van der Waals surface area (Å²) in [5.41, 5.74) is -1.02. The normalized spacial score (nSPS) is 20.8. The average molecular weight is 290 g/mol. The number of carbonyl (C=O) groups is 2. The molecule has 0 saturated carbocycles. The van der Waals surface area contributed by atoms with Crippen LogP contribution in [0.1, 0.15) is 19.8 Å². The molecular weight excluding hydrogens is 268 g/mol. The van der Waals surface area contributed by atoms with Crippen molar-refractivity contribution in [3.8, 4) is 0 Å². The zero-order chi connectivity index (χ0) is 15.3. The number of ether oxygens (including phenoxy) is 1. The van der Waals surface area contributed by atoms with Crippen LogP contribution in [0, 0.1) is 0 Å². The highest BCUT2D eigenvalue weighted by Crippen LogP contribution is 2.21. The molecule has 1 saturated heterocycles. The van der Waals surface area contributed by atoms with Crippen molar-refractivity contribution in [3.05, 3.63) is 0 Å². The lowest BCUT2D eigenvalue weighted by molar-refractivity contribution is -0.141. The molecule has 0 aromatic carbocycles. The predicted molar refractivity (Wildman–Crippen MR) is 69.3 cm³/mol. The van der Waals surface area contributed by atoms with E-state index in [0.29, 0.717) is 26.1 Å². The molecule has 8 heteroatoms. The lowest BCUT2D eigenvalue weighted by Gasteiger charge is -2.35. The Balaban J connectivity index is 2.55. The molecular formula is C12H22N2O6. The molecule has 1 heterocycles. The molecule has 2 amide bonds. The molecule has 0 aromatic heterocycles. The number of amides is 2. The number of aliphatic hydroxyl groups excluding tert-OH is 1. The van der Waals surface area contributed by atoms with Gasteiger partial charge in [0.25, 0.3) is 0 Å². The molecule has 2 unspecified atom stereocenters. The fourth-order valence-electron chi connectivity index (χ4n) is 2.05. The van der Waals surface area contributed by atoms with E-state index in [9.17, 15) is 19.8 Å². The van der Waals surface area contributed by atoms with Crippen LogP contribution < -0.4 is 5.32 Å². The molecule has 1 rings (SSSR count). The van der Waals surface area contributed by atoms with Gasteiger partial charge in [-0.15, -0.1) is 0 Å². The van der Waals surface area contributed by atoms with E-state index in [2.05, 4.69) is 5.32 Å². The van der Waals surface area contributed by atoms with Crippen LogP contribution in [0.25, 0.3) is 0 Å². The van der Waals surface area contributed by atoms with Gasteiger partial charge in [-0.05, 0) is 6.92 Å². The maximum Gasteiger partial charge on any atom is 0.328 e. The van der Waals surface area contributed by atoms with Crippen molar-refractivity contribution in [2.45, 2.75) is 37.5 Å². The summed E-state index contributed by atoms with van der Waals surface area (Å²) in [6.45, 7) is 2.22. The third kappa shape index (κ3) is 4.62. The Morgan fingerprint density at radius 3 is 2.40 bits per heavy atom. The quantitative estimate of drug-likeness (QED) is 0.516. The molecule has 0 radical (unpaired) electrons. The first-order valence-corrected chi connectivity index (χ1v) is 6.48. The number of aliphatic hydroxyl groups is 2. The second-order valence-electron chi connectivity index (χ2n) is 5.20. The van der Waals surface area contributed by atoms with E-state index >= 15 is 0 Å². The van der Waals surface area contributed by atoms with Crippen LogP contribution in [0.15, 0.2) is 0 Å². The first-order chi connectivity index (χ1) is 9.25. The Bertz CT molecular complexity index is 354. The van der Waals surface area contributed by atoms with Gasteiger partial charge in [0, 0.05) is 33.1 Å². The van der Waals surface area contributed by atoms with Gasteiger partial charge in [0.15, 0.2) is 6.04 Å². The van der Waals surface area contributed by atoms with E-state index in [1.807, 2.05) is 0 Å². The fourth-order valence-corrected chi connectivity index (χ4v) is 2.05. The molecule has 0 aliphatic carbocycles. The standard InChI is InChI=1S/C12H22N2O6/c1-8(15)9(10(16)17)13-11(18)14(2)7-12(19)3-5-20-6-4-12/h8-9,15,19H,3-7H2,1-2H3,(H,13,18)(H,16,17). The first-order valence-electron chi connectivity index (χ1n) is 6.48. The molecule has 8 nitrogen and oxygen atoms in total. The van der Waals surface area contributed by atoms with Gasteiger partial charge in [0.2, 0.25) is 0 Å². The van der Waals surface area contributed by atoms with Gasteiger partial charge in [0.1, 0.15) is 0 Å². The molecule has 0 aromatic rings. The Morgan fingerprint density at radius 2 is 1.95 bits per heavy atom. The van der Waals surface area contributed by atoms with Crippen LogP contribution in [-0.4, -0.2) is 76.8 Å². The van der Waals surface area contributed by atoms with E-state index in [0.717, 1.165) is 0 Å². The smallest absolute Gasteiger partial charge is 0.328 e. The van der Waals surface area contributed by atoms with Crippen LogP contribution in [-0.2, 0) is 9.53 Å². The summed E-state index contributed by atoms with van der Waals surface area (Å²) in [7, 11) is 1.46. The van der Waals surface area contributed by atoms with Crippen LogP contribution in [0.2, 0.25) is 0 Å². The minimum Gasteiger partial charge on any atom is -0.480 e. The molecule has 20 heavy (non-hydrogen) atoms. The molecule has 116 valence electrons. The number of hydrogen-bond acceptors (Lipinski definition) is 5. The summed E-state index contributed by atoms with van der Waals surface area (Å²) in [6, 6.07) is -2.03. The number of likely N-dealkylation sites (N-methyl/N-ethyl adjacent to an activating group) is 1. The van der Waals surface area contributed by atoms with Gasteiger partial charge in [-0.2, -0.15) is 0 Å². The highest BCUT2D eigenvalue weighted by Gasteiger charge is 2.33. The van der Waals surface area contributed by atoms with E-state index < -0.39 is 29.7 Å². The topological polar surface area (TPSA) is 119 Å². The number of carboxylic acid groups (broad SMARTS) is 1. The van der Waals surface area contributed by atoms with Crippen molar-refractivity contribution in [1.29, 1.82) is 0 Å². The fraction of sp³-hybridized carbons (Fsp3) is 0.833. The average Bonchev–Trinajstić information content (AvgIpc) is 2.34. The third-order valence-electron chi connectivity index (χ3n) is 3.33. The van der Waals surface area contributed by atoms with Crippen LogP contribution in [0.5, 0.6) is 0 Å². The summed E-state index contributed by atoms with van der Waals surface area (Å²) in [4.78, 5) is 24.0. The van der Waals surface area contributed by atoms with Crippen molar-refractivity contribution < 1.29 is 29.6 Å². The summed E-state index contributed by atoms with van der Waals surface area (Å²) in [5, 5.41) is 30.7. The Labute approximate surface area is 117 Å². The largest absolute Gasteiger partial charge is 0.480 e. The number of hydrogen-bond donors (Lipinski definition) is 4. The SMILES string of the molecule is CC(O)C(NC(=O)N(C)CC1(O)CCOCC1)C(=O)O. The van der Waals surface area contributed by atoms with E-state index in [1.54, 1.807) is 0 Å². The Hall–Kier alpha value is -1.38. The zero-order valence-corrected chi connectivity index (χ0v) is 11.7. The minimum absolute atomic E-state index is 0.0777. The van der Waals surface area contributed by atoms with Crippen molar-refractivity contribution in [2.24, 2.45) is 0 Å². The molecule has 1 aliphatic rings. The summed E-state index contributed by atoms with van der Waals surface area (Å²) < 4.78 is 5.14. The molecule has 4 N–H and O–H groups in total. The Kier molecular flexibility index (Phi) is 5.73. The second kappa shape index (κ2) is 6.87. The lowest BCUT2D eigenvalue weighted by Crippen LogP contribution is -2.55. The molecule has 2 atom stereocenters. The van der Waals surface area contributed by atoms with Crippen LogP contribution >= 0.6 is 0 Å². The summed E-state index contributed by atoms with van der Waals surface area (Å²) >= 11 is 0. The van der Waals surface area contributed by atoms with Gasteiger partial charge in [-0.25, -0.2) is 9.59 Å². The van der Waals surface area contributed by atoms with E-state index in [1.165, 1.54) is 18.9 Å². The number of urea groups is 1. The molecule has 0 bridgehead atoms. The van der Waals surface area contributed by atoms with Crippen molar-refractivity contribution in [2.75, 3.05) is 26.8 Å². The zero-order valence-electron chi connectivity index (χ0n) is 11.7. The highest BCUT2D eigenvalue weighted by atomic mass is 16.5. The van der Waals surface area contributed by atoms with Crippen molar-refractivity contribution >= 4 is 12.0 Å².